The standard InChI is InChI=1S/C34H69ClO10/c1-2-3-4-5-6-7-9-12-15-36-17-19-38-21-23-40-25-27-42-29-31-44-33-34-45-32-30-43-28-26-41-24-22-39-20-18-37-16-13-10-8-11-14-35/h2-34H2,1H3. The van der Waals surface area contributed by atoms with Crippen LogP contribution in [0.1, 0.15) is 84.0 Å². The van der Waals surface area contributed by atoms with E-state index in [0.717, 1.165) is 38.4 Å². The predicted octanol–water partition coefficient (Wildman–Crippen LogP) is 6.09. The summed E-state index contributed by atoms with van der Waals surface area (Å²) >= 11 is 5.65. The Kier molecular flexibility index (Phi) is 43.8. The SMILES string of the molecule is CCCCCCCCCCOCCOCCOCCOCCOCCOCCOCCOCCOCCOCCCCCCCl. The van der Waals surface area contributed by atoms with Crippen LogP contribution in [0.4, 0.5) is 0 Å². The van der Waals surface area contributed by atoms with E-state index in [9.17, 15) is 0 Å². The lowest BCUT2D eigenvalue weighted by atomic mass is 10.1. The highest BCUT2D eigenvalue weighted by atomic mass is 35.5. The van der Waals surface area contributed by atoms with Crippen molar-refractivity contribution in [1.82, 2.24) is 0 Å². The molecule has 0 aliphatic rings. The van der Waals surface area contributed by atoms with Crippen LogP contribution in [-0.4, -0.2) is 138 Å². The molecule has 0 aromatic carbocycles. The summed E-state index contributed by atoms with van der Waals surface area (Å²) in [7, 11) is 0. The van der Waals surface area contributed by atoms with Crippen molar-refractivity contribution in [1.29, 1.82) is 0 Å². The van der Waals surface area contributed by atoms with E-state index in [4.69, 9.17) is 59.0 Å². The maximum atomic E-state index is 5.65. The topological polar surface area (TPSA) is 92.3 Å². The van der Waals surface area contributed by atoms with Gasteiger partial charge in [-0.05, 0) is 19.3 Å². The highest BCUT2D eigenvalue weighted by Gasteiger charge is 1.97. The maximum Gasteiger partial charge on any atom is 0.0701 e. The van der Waals surface area contributed by atoms with Crippen molar-refractivity contribution in [2.75, 3.05) is 138 Å². The largest absolute Gasteiger partial charge is 0.379 e. The molecular formula is C34H69ClO10. The summed E-state index contributed by atoms with van der Waals surface area (Å²) in [6, 6.07) is 0. The molecule has 0 aliphatic heterocycles. The number of ether oxygens (including phenoxy) is 10. The van der Waals surface area contributed by atoms with E-state index in [2.05, 4.69) is 6.92 Å². The minimum absolute atomic E-state index is 0.530. The molecule has 0 radical (unpaired) electrons. The summed E-state index contributed by atoms with van der Waals surface area (Å²) in [4.78, 5) is 0. The van der Waals surface area contributed by atoms with Crippen LogP contribution in [0.3, 0.4) is 0 Å². The summed E-state index contributed by atoms with van der Waals surface area (Å²) in [5.41, 5.74) is 0. The van der Waals surface area contributed by atoms with E-state index in [1.807, 2.05) is 0 Å². The molecule has 0 unspecified atom stereocenters. The molecular weight excluding hydrogens is 604 g/mol. The minimum Gasteiger partial charge on any atom is -0.379 e. The van der Waals surface area contributed by atoms with Gasteiger partial charge in [-0.3, -0.25) is 0 Å². The van der Waals surface area contributed by atoms with Crippen molar-refractivity contribution >= 4 is 11.6 Å². The second-order valence-corrected chi connectivity index (χ2v) is 11.1. The van der Waals surface area contributed by atoms with E-state index < -0.39 is 0 Å². The fourth-order valence-electron chi connectivity index (χ4n) is 4.07. The number of halogens is 1. The van der Waals surface area contributed by atoms with E-state index in [1.54, 1.807) is 0 Å². The van der Waals surface area contributed by atoms with Crippen LogP contribution in [0.25, 0.3) is 0 Å². The monoisotopic (exact) mass is 672 g/mol. The third kappa shape index (κ3) is 43.9. The van der Waals surface area contributed by atoms with Gasteiger partial charge in [0.15, 0.2) is 0 Å². The Morgan fingerprint density at radius 2 is 0.444 bits per heavy atom. The van der Waals surface area contributed by atoms with Gasteiger partial charge < -0.3 is 47.4 Å². The lowest BCUT2D eigenvalue weighted by Gasteiger charge is -2.09. The first-order valence-electron chi connectivity index (χ1n) is 17.7. The molecule has 10 nitrogen and oxygen atoms in total. The molecule has 0 rings (SSSR count). The first kappa shape index (κ1) is 44.9. The van der Waals surface area contributed by atoms with E-state index >= 15 is 0 Å². The van der Waals surface area contributed by atoms with Crippen LogP contribution < -0.4 is 0 Å². The summed E-state index contributed by atoms with van der Waals surface area (Å²) in [5.74, 6) is 0.747. The van der Waals surface area contributed by atoms with Gasteiger partial charge in [-0.1, -0.05) is 64.7 Å². The van der Waals surface area contributed by atoms with Crippen LogP contribution in [0.2, 0.25) is 0 Å². The molecule has 0 aliphatic carbocycles. The Morgan fingerprint density at radius 3 is 0.689 bits per heavy atom. The Morgan fingerprint density at radius 1 is 0.244 bits per heavy atom. The quantitative estimate of drug-likeness (QED) is 0.0560. The van der Waals surface area contributed by atoms with Crippen LogP contribution >= 0.6 is 11.6 Å². The molecule has 0 aromatic heterocycles. The number of alkyl halides is 1. The molecule has 11 heteroatoms. The normalized spacial score (nSPS) is 11.6. The molecule has 0 heterocycles. The summed E-state index contributed by atoms with van der Waals surface area (Å²) < 4.78 is 55.2. The number of rotatable bonds is 42. The zero-order valence-electron chi connectivity index (χ0n) is 28.8. The lowest BCUT2D eigenvalue weighted by molar-refractivity contribution is -0.0264. The Bertz CT molecular complexity index is 466. The van der Waals surface area contributed by atoms with E-state index in [0.29, 0.717) is 119 Å². The van der Waals surface area contributed by atoms with Crippen LogP contribution in [0.15, 0.2) is 0 Å². The Labute approximate surface area is 280 Å². The fraction of sp³-hybridized carbons (Fsp3) is 1.00. The van der Waals surface area contributed by atoms with Gasteiger partial charge in [0.05, 0.1) is 119 Å². The summed E-state index contributed by atoms with van der Waals surface area (Å²) in [6.45, 7) is 14.0. The van der Waals surface area contributed by atoms with Gasteiger partial charge in [-0.25, -0.2) is 0 Å². The molecule has 0 spiro atoms. The summed E-state index contributed by atoms with van der Waals surface area (Å²) in [6.07, 6.45) is 15.1. The number of hydrogen-bond acceptors (Lipinski definition) is 10. The molecule has 0 saturated carbocycles. The Hall–Kier alpha value is -0.110. The van der Waals surface area contributed by atoms with Gasteiger partial charge in [-0.2, -0.15) is 0 Å². The van der Waals surface area contributed by atoms with E-state index in [-0.39, 0.29) is 0 Å². The molecule has 0 saturated heterocycles. The van der Waals surface area contributed by atoms with Gasteiger partial charge in [0.2, 0.25) is 0 Å². The molecule has 0 fully saturated rings. The van der Waals surface area contributed by atoms with Crippen molar-refractivity contribution < 1.29 is 47.4 Å². The first-order chi connectivity index (χ1) is 22.4. The average molecular weight is 673 g/mol. The van der Waals surface area contributed by atoms with Gasteiger partial charge in [0, 0.05) is 19.1 Å². The third-order valence-corrected chi connectivity index (χ3v) is 6.93. The molecule has 45 heavy (non-hydrogen) atoms. The van der Waals surface area contributed by atoms with Gasteiger partial charge in [0.25, 0.3) is 0 Å². The fourth-order valence-corrected chi connectivity index (χ4v) is 4.26. The zero-order valence-corrected chi connectivity index (χ0v) is 29.6. The average Bonchev–Trinajstić information content (AvgIpc) is 3.05. The molecule has 0 N–H and O–H groups in total. The Balaban J connectivity index is 3.03. The highest BCUT2D eigenvalue weighted by Crippen LogP contribution is 2.08. The number of unbranched alkanes of at least 4 members (excludes halogenated alkanes) is 10. The second kappa shape index (κ2) is 43.9. The second-order valence-electron chi connectivity index (χ2n) is 10.7. The highest BCUT2D eigenvalue weighted by molar-refractivity contribution is 6.17. The zero-order chi connectivity index (χ0) is 32.4. The van der Waals surface area contributed by atoms with Crippen LogP contribution in [0.5, 0.6) is 0 Å². The first-order valence-corrected chi connectivity index (χ1v) is 18.3. The van der Waals surface area contributed by atoms with Crippen LogP contribution in [-0.2, 0) is 47.4 Å². The molecule has 0 aromatic rings. The number of hydrogen-bond donors (Lipinski definition) is 0. The lowest BCUT2D eigenvalue weighted by Crippen LogP contribution is -2.15. The van der Waals surface area contributed by atoms with E-state index in [1.165, 1.54) is 57.8 Å². The molecule has 0 bridgehead atoms. The van der Waals surface area contributed by atoms with Crippen molar-refractivity contribution in [3.63, 3.8) is 0 Å². The predicted molar refractivity (Wildman–Crippen MR) is 180 cm³/mol. The van der Waals surface area contributed by atoms with Gasteiger partial charge in [-0.15, -0.1) is 11.6 Å². The van der Waals surface area contributed by atoms with Crippen molar-refractivity contribution in [2.24, 2.45) is 0 Å². The molecule has 0 amide bonds. The summed E-state index contributed by atoms with van der Waals surface area (Å²) in [5, 5.41) is 0. The van der Waals surface area contributed by atoms with Crippen molar-refractivity contribution in [2.45, 2.75) is 84.0 Å². The maximum absolute atomic E-state index is 5.65. The van der Waals surface area contributed by atoms with Gasteiger partial charge in [0.1, 0.15) is 0 Å². The van der Waals surface area contributed by atoms with Gasteiger partial charge >= 0.3 is 0 Å². The molecule has 272 valence electrons. The van der Waals surface area contributed by atoms with Crippen molar-refractivity contribution in [3.8, 4) is 0 Å². The minimum atomic E-state index is 0.530. The smallest absolute Gasteiger partial charge is 0.0701 e. The van der Waals surface area contributed by atoms with Crippen molar-refractivity contribution in [3.05, 3.63) is 0 Å². The van der Waals surface area contributed by atoms with Crippen LogP contribution in [0, 0.1) is 0 Å². The third-order valence-electron chi connectivity index (χ3n) is 6.66. The molecule has 0 atom stereocenters.